The summed E-state index contributed by atoms with van der Waals surface area (Å²) in [6.07, 6.45) is 6.49. The molecule has 0 aliphatic rings. The third-order valence-corrected chi connectivity index (χ3v) is 7.38. The second-order valence-electron chi connectivity index (χ2n) is 9.85. The van der Waals surface area contributed by atoms with Crippen molar-refractivity contribution in [2.24, 2.45) is 0 Å². The number of hydrogen-bond acceptors (Lipinski definition) is 7. The lowest BCUT2D eigenvalue weighted by Crippen LogP contribution is -2.33. The van der Waals surface area contributed by atoms with Gasteiger partial charge in [-0.3, -0.25) is 4.79 Å². The Bertz CT molecular complexity index is 1310. The Morgan fingerprint density at radius 3 is 2.30 bits per heavy atom. The van der Waals surface area contributed by atoms with Crippen molar-refractivity contribution in [3.05, 3.63) is 64.2 Å². The van der Waals surface area contributed by atoms with E-state index >= 15 is 0 Å². The molecule has 0 unspecified atom stereocenters. The van der Waals surface area contributed by atoms with Gasteiger partial charge in [0.1, 0.15) is 17.6 Å². The lowest BCUT2D eigenvalue weighted by molar-refractivity contribution is -0.137. The van der Waals surface area contributed by atoms with Crippen LogP contribution < -0.4 is 20.5 Å². The summed E-state index contributed by atoms with van der Waals surface area (Å²) in [5.74, 6) is 0.924. The molecule has 9 heteroatoms. The second-order valence-corrected chi connectivity index (χ2v) is 9.85. The average Bonchev–Trinajstić information content (AvgIpc) is 2.96. The molecule has 0 fully saturated rings. The van der Waals surface area contributed by atoms with Crippen LogP contribution in [-0.4, -0.2) is 51.9 Å². The molecule has 216 valence electrons. The van der Waals surface area contributed by atoms with E-state index in [1.165, 1.54) is 0 Å². The average molecular weight is 550 g/mol. The molecular formula is C31H43N5O4. The topological polar surface area (TPSA) is 110 Å². The zero-order valence-electron chi connectivity index (χ0n) is 24.6. The Morgan fingerprint density at radius 1 is 1.07 bits per heavy atom. The van der Waals surface area contributed by atoms with Crippen molar-refractivity contribution >= 4 is 17.7 Å². The van der Waals surface area contributed by atoms with Crippen molar-refractivity contribution in [3.8, 4) is 16.9 Å². The maximum absolute atomic E-state index is 13.1. The van der Waals surface area contributed by atoms with E-state index in [1.54, 1.807) is 23.9 Å². The standard InChI is InChI=1S/C31H43N5O4/c1-7-17-36-18-16-26(40-6)27(29(36)37)23-14-12-21(13-15-23)19-25(30(38)39)33-28-24(22(8-2)9-3)20-32-31(34-28)35(10-4)11-5/h12-16,18,20,22,25H,7-11,17,19H2,1-6H3,(H,38,39)(H,32,33,34)/t25-/m0/s1. The van der Waals surface area contributed by atoms with E-state index in [1.807, 2.05) is 56.1 Å². The van der Waals surface area contributed by atoms with E-state index in [0.29, 0.717) is 29.6 Å². The predicted octanol–water partition coefficient (Wildman–Crippen LogP) is 5.58. The number of benzene rings is 1. The Labute approximate surface area is 237 Å². The first-order valence-electron chi connectivity index (χ1n) is 14.3. The van der Waals surface area contributed by atoms with Crippen molar-refractivity contribution in [3.63, 3.8) is 0 Å². The number of nitrogens with zero attached hydrogens (tertiary/aromatic N) is 4. The molecule has 2 heterocycles. The highest BCUT2D eigenvalue weighted by Crippen LogP contribution is 2.31. The van der Waals surface area contributed by atoms with Crippen LogP contribution in [-0.2, 0) is 17.8 Å². The van der Waals surface area contributed by atoms with Crippen LogP contribution >= 0.6 is 0 Å². The highest BCUT2D eigenvalue weighted by atomic mass is 16.5. The van der Waals surface area contributed by atoms with Crippen LogP contribution in [0.25, 0.3) is 11.1 Å². The number of rotatable bonds is 15. The molecule has 0 saturated carbocycles. The highest BCUT2D eigenvalue weighted by molar-refractivity contribution is 5.78. The van der Waals surface area contributed by atoms with Gasteiger partial charge in [-0.25, -0.2) is 9.78 Å². The summed E-state index contributed by atoms with van der Waals surface area (Å²) in [7, 11) is 1.55. The largest absolute Gasteiger partial charge is 0.496 e. The Kier molecular flexibility index (Phi) is 11.1. The molecule has 0 aliphatic carbocycles. The molecule has 0 spiro atoms. The van der Waals surface area contributed by atoms with Crippen molar-refractivity contribution in [2.45, 2.75) is 78.8 Å². The van der Waals surface area contributed by atoms with Crippen molar-refractivity contribution in [1.29, 1.82) is 0 Å². The van der Waals surface area contributed by atoms with Gasteiger partial charge in [0.25, 0.3) is 5.56 Å². The number of anilines is 2. The number of carboxylic acids is 1. The monoisotopic (exact) mass is 549 g/mol. The van der Waals surface area contributed by atoms with E-state index in [0.717, 1.165) is 49.0 Å². The number of carboxylic acid groups (broad SMARTS) is 1. The Balaban J connectivity index is 1.93. The maximum atomic E-state index is 13.1. The number of ether oxygens (including phenoxy) is 1. The van der Waals surface area contributed by atoms with Gasteiger partial charge in [-0.15, -0.1) is 0 Å². The van der Waals surface area contributed by atoms with Crippen LogP contribution in [0.3, 0.4) is 0 Å². The minimum Gasteiger partial charge on any atom is -0.496 e. The Morgan fingerprint density at radius 2 is 1.75 bits per heavy atom. The summed E-state index contributed by atoms with van der Waals surface area (Å²) in [5.41, 5.74) is 2.88. The zero-order chi connectivity index (χ0) is 29.2. The summed E-state index contributed by atoms with van der Waals surface area (Å²) >= 11 is 0. The molecule has 3 rings (SSSR count). The third-order valence-electron chi connectivity index (χ3n) is 7.38. The van der Waals surface area contributed by atoms with Gasteiger partial charge in [-0.2, -0.15) is 4.98 Å². The summed E-state index contributed by atoms with van der Waals surface area (Å²) < 4.78 is 7.16. The van der Waals surface area contributed by atoms with Crippen LogP contribution in [0.1, 0.15) is 70.9 Å². The smallest absolute Gasteiger partial charge is 0.326 e. The van der Waals surface area contributed by atoms with E-state index in [4.69, 9.17) is 9.72 Å². The van der Waals surface area contributed by atoms with Gasteiger partial charge in [0, 0.05) is 44.0 Å². The summed E-state index contributed by atoms with van der Waals surface area (Å²) in [6.45, 7) is 12.5. The number of aliphatic carboxylic acids is 1. The quantitative estimate of drug-likeness (QED) is 0.253. The molecule has 0 aliphatic heterocycles. The normalized spacial score (nSPS) is 11.9. The van der Waals surface area contributed by atoms with Gasteiger partial charge in [0.15, 0.2) is 0 Å². The molecule has 2 N–H and O–H groups in total. The van der Waals surface area contributed by atoms with Gasteiger partial charge in [0.05, 0.1) is 12.7 Å². The number of carbonyl (C=O) groups is 1. The van der Waals surface area contributed by atoms with Crippen molar-refractivity contribution < 1.29 is 14.6 Å². The second kappa shape index (κ2) is 14.5. The predicted molar refractivity (Wildman–Crippen MR) is 161 cm³/mol. The zero-order valence-corrected chi connectivity index (χ0v) is 24.6. The number of aromatic nitrogens is 3. The van der Waals surface area contributed by atoms with Crippen LogP contribution in [0.5, 0.6) is 5.75 Å². The van der Waals surface area contributed by atoms with Crippen LogP contribution in [0.15, 0.2) is 47.5 Å². The first-order valence-corrected chi connectivity index (χ1v) is 14.3. The fourth-order valence-electron chi connectivity index (χ4n) is 5.00. The SMILES string of the molecule is CCCn1ccc(OC)c(-c2ccc(C[C@H](Nc3nc(N(CC)CC)ncc3C(CC)CC)C(=O)O)cc2)c1=O. The maximum Gasteiger partial charge on any atom is 0.326 e. The third kappa shape index (κ3) is 7.00. The minimum absolute atomic E-state index is 0.110. The van der Waals surface area contributed by atoms with Crippen LogP contribution in [0, 0.1) is 0 Å². The van der Waals surface area contributed by atoms with Crippen LogP contribution in [0.4, 0.5) is 11.8 Å². The first kappa shape index (κ1) is 30.7. The molecule has 40 heavy (non-hydrogen) atoms. The number of hydrogen-bond donors (Lipinski definition) is 2. The molecular weight excluding hydrogens is 506 g/mol. The summed E-state index contributed by atoms with van der Waals surface area (Å²) in [4.78, 5) is 37.0. The summed E-state index contributed by atoms with van der Waals surface area (Å²) in [5, 5.41) is 13.4. The Hall–Kier alpha value is -3.88. The summed E-state index contributed by atoms with van der Waals surface area (Å²) in [6, 6.07) is 8.34. The first-order chi connectivity index (χ1) is 19.3. The molecule has 0 amide bonds. The van der Waals surface area contributed by atoms with E-state index in [-0.39, 0.29) is 17.9 Å². The van der Waals surface area contributed by atoms with E-state index in [2.05, 4.69) is 24.1 Å². The molecule has 0 radical (unpaired) electrons. The molecule has 3 aromatic rings. The molecule has 1 aromatic carbocycles. The fraction of sp³-hybridized carbons (Fsp3) is 0.484. The van der Waals surface area contributed by atoms with Gasteiger partial charge in [0.2, 0.25) is 5.95 Å². The van der Waals surface area contributed by atoms with Gasteiger partial charge in [-0.05, 0) is 56.2 Å². The lowest BCUT2D eigenvalue weighted by atomic mass is 9.95. The number of methoxy groups -OCH3 is 1. The molecule has 9 nitrogen and oxygen atoms in total. The number of pyridine rings is 1. The molecule has 2 aromatic heterocycles. The minimum atomic E-state index is -0.963. The van der Waals surface area contributed by atoms with Gasteiger partial charge < -0.3 is 24.6 Å². The molecule has 0 bridgehead atoms. The molecule has 1 atom stereocenters. The highest BCUT2D eigenvalue weighted by Gasteiger charge is 2.24. The van der Waals surface area contributed by atoms with Gasteiger partial charge >= 0.3 is 5.97 Å². The number of nitrogens with one attached hydrogen (secondary N) is 1. The van der Waals surface area contributed by atoms with Gasteiger partial charge in [-0.1, -0.05) is 45.0 Å². The van der Waals surface area contributed by atoms with E-state index in [9.17, 15) is 14.7 Å². The van der Waals surface area contributed by atoms with Crippen molar-refractivity contribution in [1.82, 2.24) is 14.5 Å². The van der Waals surface area contributed by atoms with Crippen molar-refractivity contribution in [2.75, 3.05) is 30.4 Å². The number of aryl methyl sites for hydroxylation is 1. The molecule has 0 saturated heterocycles. The lowest BCUT2D eigenvalue weighted by Gasteiger charge is -2.24. The van der Waals surface area contributed by atoms with E-state index < -0.39 is 12.0 Å². The fourth-order valence-corrected chi connectivity index (χ4v) is 5.00. The van der Waals surface area contributed by atoms with Crippen LogP contribution in [0.2, 0.25) is 0 Å².